The van der Waals surface area contributed by atoms with Gasteiger partial charge in [0, 0.05) is 30.1 Å². The summed E-state index contributed by atoms with van der Waals surface area (Å²) in [6, 6.07) is 11.8. The maximum Gasteiger partial charge on any atom is 0.328 e. The monoisotopic (exact) mass is 694 g/mol. The lowest BCUT2D eigenvalue weighted by Crippen LogP contribution is -2.44. The fourth-order valence-electron chi connectivity index (χ4n) is 5.34. The van der Waals surface area contributed by atoms with Crippen LogP contribution in [0.5, 0.6) is 5.75 Å². The van der Waals surface area contributed by atoms with Gasteiger partial charge in [0.1, 0.15) is 11.8 Å². The van der Waals surface area contributed by atoms with Crippen LogP contribution >= 0.6 is 15.9 Å². The predicted molar refractivity (Wildman–Crippen MR) is 172 cm³/mol. The van der Waals surface area contributed by atoms with Gasteiger partial charge in [-0.05, 0) is 67.2 Å². The van der Waals surface area contributed by atoms with Crippen LogP contribution in [0.3, 0.4) is 0 Å². The Kier molecular flexibility index (Phi) is 13.1. The number of hydrogen-bond donors (Lipinski definition) is 1. The molecule has 1 heterocycles. The molecule has 2 aromatic carbocycles. The number of esters is 2. The molecule has 1 aliphatic heterocycles. The molecule has 0 fully saturated rings. The minimum atomic E-state index is -3.75. The number of sulfone groups is 1. The molecule has 12 heteroatoms. The van der Waals surface area contributed by atoms with Crippen LogP contribution in [0.1, 0.15) is 66.2 Å². The molecule has 2 aromatic rings. The second kappa shape index (κ2) is 16.3. The molecular weight excluding hydrogens is 652 g/mol. The first-order valence-corrected chi connectivity index (χ1v) is 17.6. The van der Waals surface area contributed by atoms with Crippen molar-refractivity contribution >= 4 is 55.0 Å². The Labute approximate surface area is 268 Å². The molecule has 0 saturated carbocycles. The first-order valence-electron chi connectivity index (χ1n) is 15.1. The average molecular weight is 696 g/mol. The van der Waals surface area contributed by atoms with Gasteiger partial charge in [0.15, 0.2) is 16.4 Å². The summed E-state index contributed by atoms with van der Waals surface area (Å²) >= 11 is 3.52. The Morgan fingerprint density at radius 2 is 1.75 bits per heavy atom. The molecule has 0 spiro atoms. The predicted octanol–water partition coefficient (Wildman–Crippen LogP) is 5.73. The van der Waals surface area contributed by atoms with Crippen molar-refractivity contribution in [2.45, 2.75) is 77.2 Å². The van der Waals surface area contributed by atoms with Crippen molar-refractivity contribution in [1.82, 2.24) is 5.32 Å². The van der Waals surface area contributed by atoms with Crippen molar-refractivity contribution in [2.75, 3.05) is 37.0 Å². The third-order valence-corrected chi connectivity index (χ3v) is 10.3. The second-order valence-corrected chi connectivity index (χ2v) is 13.7. The van der Waals surface area contributed by atoms with E-state index >= 15 is 0 Å². The summed E-state index contributed by atoms with van der Waals surface area (Å²) < 4.78 is 44.2. The van der Waals surface area contributed by atoms with Crippen molar-refractivity contribution in [3.05, 3.63) is 46.9 Å². The number of halogens is 1. The normalized spacial score (nSPS) is 18.0. The molecule has 0 radical (unpaired) electrons. The molecule has 1 aliphatic rings. The van der Waals surface area contributed by atoms with E-state index in [1.807, 2.05) is 37.3 Å². The molecule has 0 aliphatic carbocycles. The average Bonchev–Trinajstić information content (AvgIpc) is 3.09. The zero-order valence-electron chi connectivity index (χ0n) is 25.9. The van der Waals surface area contributed by atoms with E-state index in [2.05, 4.69) is 33.1 Å². The lowest BCUT2D eigenvalue weighted by atomic mass is 9.81. The fraction of sp³-hybridized carbons (Fsp3) is 0.531. The number of carbonyl (C=O) groups is 3. The number of amides is 1. The van der Waals surface area contributed by atoms with Crippen LogP contribution < -0.4 is 15.0 Å². The smallest absolute Gasteiger partial charge is 0.328 e. The third kappa shape index (κ3) is 9.20. The summed E-state index contributed by atoms with van der Waals surface area (Å²) in [5.41, 5.74) is 0.962. The molecule has 0 aromatic heterocycles. The first-order chi connectivity index (χ1) is 21.0. The van der Waals surface area contributed by atoms with E-state index in [1.165, 1.54) is 6.07 Å². The van der Waals surface area contributed by atoms with Crippen LogP contribution in [0.4, 0.5) is 11.4 Å². The zero-order chi connectivity index (χ0) is 32.3. The summed E-state index contributed by atoms with van der Waals surface area (Å²) in [7, 11) is -3.75. The third-order valence-electron chi connectivity index (χ3n) is 7.72. The van der Waals surface area contributed by atoms with Crippen LogP contribution in [-0.4, -0.2) is 64.4 Å². The highest BCUT2D eigenvalue weighted by Gasteiger charge is 2.42. The van der Waals surface area contributed by atoms with E-state index < -0.39 is 45.7 Å². The summed E-state index contributed by atoms with van der Waals surface area (Å²) in [6.07, 6.45) is 3.28. The van der Waals surface area contributed by atoms with Crippen molar-refractivity contribution in [3.8, 4) is 5.75 Å². The maximum atomic E-state index is 14.0. The van der Waals surface area contributed by atoms with Gasteiger partial charge in [0.2, 0.25) is 0 Å². The second-order valence-electron chi connectivity index (χ2n) is 10.9. The van der Waals surface area contributed by atoms with Gasteiger partial charge in [-0.1, -0.05) is 44.9 Å². The molecule has 2 atom stereocenters. The number of hydrogen-bond acceptors (Lipinski definition) is 9. The van der Waals surface area contributed by atoms with E-state index in [0.29, 0.717) is 23.1 Å². The van der Waals surface area contributed by atoms with Crippen LogP contribution in [0.15, 0.2) is 51.8 Å². The van der Waals surface area contributed by atoms with Crippen molar-refractivity contribution in [1.29, 1.82) is 0 Å². The quantitative estimate of drug-likeness (QED) is 0.232. The fourth-order valence-corrected chi connectivity index (χ4v) is 7.96. The van der Waals surface area contributed by atoms with E-state index in [1.54, 1.807) is 19.9 Å². The lowest BCUT2D eigenvalue weighted by molar-refractivity contribution is -0.149. The Morgan fingerprint density at radius 1 is 1.05 bits per heavy atom. The number of fused-ring (bicyclic) bond motifs is 1. The minimum Gasteiger partial charge on any atom is -0.483 e. The van der Waals surface area contributed by atoms with Crippen LogP contribution in [0.2, 0.25) is 0 Å². The Morgan fingerprint density at radius 3 is 2.39 bits per heavy atom. The number of rotatable bonds is 15. The minimum absolute atomic E-state index is 0.00325. The van der Waals surface area contributed by atoms with Gasteiger partial charge in [-0.2, -0.15) is 0 Å². The van der Waals surface area contributed by atoms with Crippen molar-refractivity contribution < 1.29 is 37.0 Å². The number of carbonyl (C=O) groups excluding carboxylic acids is 3. The molecule has 3 rings (SSSR count). The van der Waals surface area contributed by atoms with Gasteiger partial charge >= 0.3 is 11.9 Å². The number of nitrogens with zero attached hydrogens (tertiary/aromatic N) is 1. The number of nitrogens with one attached hydrogen (secondary N) is 1. The Bertz CT molecular complexity index is 1400. The molecule has 0 saturated heterocycles. The summed E-state index contributed by atoms with van der Waals surface area (Å²) in [4.78, 5) is 39.3. The van der Waals surface area contributed by atoms with Gasteiger partial charge in [-0.25, -0.2) is 13.2 Å². The van der Waals surface area contributed by atoms with Crippen molar-refractivity contribution in [2.24, 2.45) is 5.41 Å². The standard InChI is InChI=1S/C32H43BrN2O8S/c1-5-9-17-32(6-2)21-35(23-13-11-10-12-14-23)26-18-24(33)27(19-28(26)44(39,40)22-32)43-20-29(36)34-25(31(38)42-8-4)15-16-30(37)41-7-3/h10-14,18-19,25H,5-9,15-17,20-22H2,1-4H3,(H,34,36). The molecule has 2 unspecified atom stereocenters. The van der Waals surface area contributed by atoms with E-state index in [9.17, 15) is 22.8 Å². The topological polar surface area (TPSA) is 128 Å². The molecule has 44 heavy (non-hydrogen) atoms. The van der Waals surface area contributed by atoms with Gasteiger partial charge in [-0.3, -0.25) is 9.59 Å². The van der Waals surface area contributed by atoms with Gasteiger partial charge in [-0.15, -0.1) is 0 Å². The van der Waals surface area contributed by atoms with Crippen LogP contribution in [0, 0.1) is 5.41 Å². The number of unbranched alkanes of at least 4 members (excludes halogenated alkanes) is 1. The Balaban J connectivity index is 1.90. The summed E-state index contributed by atoms with van der Waals surface area (Å²) in [6.45, 7) is 7.82. The van der Waals surface area contributed by atoms with E-state index in [4.69, 9.17) is 14.2 Å². The van der Waals surface area contributed by atoms with Gasteiger partial charge in [0.05, 0.1) is 34.0 Å². The molecule has 1 N–H and O–H groups in total. The summed E-state index contributed by atoms with van der Waals surface area (Å²) in [5, 5.41) is 2.56. The Hall–Kier alpha value is -3.12. The van der Waals surface area contributed by atoms with Crippen molar-refractivity contribution in [3.63, 3.8) is 0 Å². The highest BCUT2D eigenvalue weighted by Crippen LogP contribution is 2.46. The van der Waals surface area contributed by atoms with E-state index in [0.717, 1.165) is 24.9 Å². The summed E-state index contributed by atoms with van der Waals surface area (Å²) in [5.74, 6) is -1.63. The first kappa shape index (κ1) is 35.4. The molecule has 242 valence electrons. The SMILES string of the molecule is CCCCC1(CC)CN(c2ccccc2)c2cc(Br)c(OCC(=O)NC(CCC(=O)OCC)C(=O)OCC)cc2S(=O)(=O)C1. The van der Waals surface area contributed by atoms with Crippen LogP contribution in [0.25, 0.3) is 0 Å². The number of anilines is 2. The molecular formula is C32H43BrN2O8S. The maximum absolute atomic E-state index is 14.0. The number of benzene rings is 2. The molecule has 10 nitrogen and oxygen atoms in total. The van der Waals surface area contributed by atoms with Crippen LogP contribution in [-0.2, 0) is 33.7 Å². The largest absolute Gasteiger partial charge is 0.483 e. The molecule has 0 bridgehead atoms. The van der Waals surface area contributed by atoms with E-state index in [-0.39, 0.29) is 42.5 Å². The van der Waals surface area contributed by atoms with Gasteiger partial charge < -0.3 is 24.4 Å². The highest BCUT2D eigenvalue weighted by molar-refractivity contribution is 9.10. The van der Waals surface area contributed by atoms with Gasteiger partial charge in [0.25, 0.3) is 5.91 Å². The highest BCUT2D eigenvalue weighted by atomic mass is 79.9. The zero-order valence-corrected chi connectivity index (χ0v) is 28.3. The molecule has 1 amide bonds. The number of ether oxygens (including phenoxy) is 3. The number of para-hydroxylation sites is 1. The lowest BCUT2D eigenvalue weighted by Gasteiger charge is -2.36.